The third kappa shape index (κ3) is 2.76. The minimum absolute atomic E-state index is 0.00590. The molecule has 6 nitrogen and oxygen atoms in total. The molecule has 0 unspecified atom stereocenters. The predicted octanol–water partition coefficient (Wildman–Crippen LogP) is 2.98. The Bertz CT molecular complexity index is 697. The van der Waals surface area contributed by atoms with Crippen molar-refractivity contribution in [3.05, 3.63) is 45.5 Å². The fraction of sp³-hybridized carbons (Fsp3) is 0.0833. The molecule has 0 radical (unpaired) electrons. The highest BCUT2D eigenvalue weighted by Crippen LogP contribution is 2.22. The molecule has 2 heterocycles. The van der Waals surface area contributed by atoms with Crippen molar-refractivity contribution in [2.75, 3.05) is 5.32 Å². The van der Waals surface area contributed by atoms with Gasteiger partial charge >= 0.3 is 5.97 Å². The van der Waals surface area contributed by atoms with Gasteiger partial charge in [0, 0.05) is 18.1 Å². The summed E-state index contributed by atoms with van der Waals surface area (Å²) in [6.07, 6.45) is 2.66. The molecule has 2 aromatic rings. The van der Waals surface area contributed by atoms with Crippen molar-refractivity contribution in [2.24, 2.45) is 0 Å². The number of carbonyl (C=O) groups excluding carboxylic acids is 1. The van der Waals surface area contributed by atoms with E-state index in [-0.39, 0.29) is 27.0 Å². The molecule has 2 rings (SSSR count). The van der Waals surface area contributed by atoms with Crippen molar-refractivity contribution in [2.45, 2.75) is 6.92 Å². The monoisotopic (exact) mass is 313 g/mol. The van der Waals surface area contributed by atoms with E-state index in [2.05, 4.69) is 15.3 Å². The van der Waals surface area contributed by atoms with Gasteiger partial charge in [-0.15, -0.1) is 0 Å². The SMILES string of the molecule is Cc1[nH]cc(NC(=O)c2cnc(Cl)c(Cl)c2)c1C(=O)O. The van der Waals surface area contributed by atoms with Gasteiger partial charge in [-0.2, -0.15) is 0 Å². The molecule has 0 aliphatic carbocycles. The summed E-state index contributed by atoms with van der Waals surface area (Å²) in [5.74, 6) is -1.66. The fourth-order valence-corrected chi connectivity index (χ4v) is 1.91. The second-order valence-electron chi connectivity index (χ2n) is 3.96. The predicted molar refractivity (Wildman–Crippen MR) is 74.7 cm³/mol. The summed E-state index contributed by atoms with van der Waals surface area (Å²) in [5, 5.41) is 11.8. The Morgan fingerprint density at radius 2 is 2.10 bits per heavy atom. The maximum Gasteiger partial charge on any atom is 0.339 e. The first kappa shape index (κ1) is 14.4. The summed E-state index contributed by atoms with van der Waals surface area (Å²) in [5.41, 5.74) is 0.798. The van der Waals surface area contributed by atoms with Gasteiger partial charge in [0.1, 0.15) is 10.7 Å². The van der Waals surface area contributed by atoms with Crippen molar-refractivity contribution in [1.29, 1.82) is 0 Å². The van der Waals surface area contributed by atoms with Crippen LogP contribution in [0, 0.1) is 6.92 Å². The number of rotatable bonds is 3. The molecular formula is C12H9Cl2N3O3. The maximum atomic E-state index is 12.0. The normalized spacial score (nSPS) is 10.3. The third-order valence-electron chi connectivity index (χ3n) is 2.60. The highest BCUT2D eigenvalue weighted by atomic mass is 35.5. The summed E-state index contributed by atoms with van der Waals surface area (Å²) in [7, 11) is 0. The lowest BCUT2D eigenvalue weighted by atomic mass is 10.2. The summed E-state index contributed by atoms with van der Waals surface area (Å²) < 4.78 is 0. The van der Waals surface area contributed by atoms with Crippen LogP contribution < -0.4 is 5.32 Å². The number of nitrogens with one attached hydrogen (secondary N) is 2. The number of H-pyrrole nitrogens is 1. The molecule has 2 aromatic heterocycles. The average molecular weight is 314 g/mol. The van der Waals surface area contributed by atoms with Crippen molar-refractivity contribution < 1.29 is 14.7 Å². The van der Waals surface area contributed by atoms with Crippen LogP contribution >= 0.6 is 23.2 Å². The van der Waals surface area contributed by atoms with Gasteiger partial charge in [-0.05, 0) is 13.0 Å². The number of carboxylic acids is 1. The molecule has 0 aliphatic rings. The number of aromatic carboxylic acids is 1. The quantitative estimate of drug-likeness (QED) is 0.759. The standard InChI is InChI=1S/C12H9Cl2N3O3/c1-5-9(12(19)20)8(4-15-5)17-11(18)6-2-7(13)10(14)16-3-6/h2-4,15H,1H3,(H,17,18)(H,19,20). The molecule has 0 aliphatic heterocycles. The molecule has 0 saturated heterocycles. The van der Waals surface area contributed by atoms with Crippen LogP contribution in [-0.2, 0) is 0 Å². The molecule has 1 amide bonds. The van der Waals surface area contributed by atoms with E-state index in [1.54, 1.807) is 6.92 Å². The molecule has 0 fully saturated rings. The number of aryl methyl sites for hydroxylation is 1. The van der Waals surface area contributed by atoms with Crippen LogP contribution in [0.15, 0.2) is 18.5 Å². The number of aromatic nitrogens is 2. The van der Waals surface area contributed by atoms with Gasteiger partial charge in [0.25, 0.3) is 5.91 Å². The highest BCUT2D eigenvalue weighted by Gasteiger charge is 2.18. The summed E-state index contributed by atoms with van der Waals surface area (Å²) in [6, 6.07) is 1.35. The molecule has 104 valence electrons. The van der Waals surface area contributed by atoms with E-state index in [0.717, 1.165) is 0 Å². The Labute approximate surface area is 123 Å². The zero-order valence-electron chi connectivity index (χ0n) is 10.2. The van der Waals surface area contributed by atoms with Crippen molar-refractivity contribution in [1.82, 2.24) is 9.97 Å². The topological polar surface area (TPSA) is 95.1 Å². The number of hydrogen-bond acceptors (Lipinski definition) is 3. The zero-order valence-corrected chi connectivity index (χ0v) is 11.7. The summed E-state index contributed by atoms with van der Waals surface area (Å²) in [4.78, 5) is 29.6. The van der Waals surface area contributed by atoms with Crippen LogP contribution in [-0.4, -0.2) is 27.0 Å². The first-order valence-corrected chi connectivity index (χ1v) is 6.19. The number of pyridine rings is 1. The molecule has 0 aromatic carbocycles. The second kappa shape index (κ2) is 5.52. The maximum absolute atomic E-state index is 12.0. The number of carboxylic acid groups (broad SMARTS) is 1. The summed E-state index contributed by atoms with van der Waals surface area (Å²) >= 11 is 11.4. The fourth-order valence-electron chi connectivity index (χ4n) is 1.64. The molecule has 8 heteroatoms. The van der Waals surface area contributed by atoms with Gasteiger partial charge in [-0.25, -0.2) is 9.78 Å². The first-order valence-electron chi connectivity index (χ1n) is 5.44. The summed E-state index contributed by atoms with van der Waals surface area (Å²) in [6.45, 7) is 1.60. The van der Waals surface area contributed by atoms with E-state index in [1.165, 1.54) is 18.5 Å². The Kier molecular flexibility index (Phi) is 3.96. The van der Waals surface area contributed by atoms with Gasteiger partial charge < -0.3 is 15.4 Å². The van der Waals surface area contributed by atoms with Crippen LogP contribution in [0.2, 0.25) is 10.2 Å². The van der Waals surface area contributed by atoms with Crippen LogP contribution in [0.3, 0.4) is 0 Å². The highest BCUT2D eigenvalue weighted by molar-refractivity contribution is 6.41. The third-order valence-corrected chi connectivity index (χ3v) is 3.28. The number of anilines is 1. The molecule has 0 spiro atoms. The number of hydrogen-bond donors (Lipinski definition) is 3. The van der Waals surface area contributed by atoms with Crippen LogP contribution in [0.1, 0.15) is 26.4 Å². The van der Waals surface area contributed by atoms with Crippen LogP contribution in [0.5, 0.6) is 0 Å². The first-order chi connectivity index (χ1) is 9.40. The van der Waals surface area contributed by atoms with E-state index >= 15 is 0 Å². The van der Waals surface area contributed by atoms with Crippen molar-refractivity contribution >= 4 is 40.8 Å². The van der Waals surface area contributed by atoms with Crippen molar-refractivity contribution in [3.63, 3.8) is 0 Å². The molecule has 0 saturated carbocycles. The van der Waals surface area contributed by atoms with E-state index in [1.807, 2.05) is 0 Å². The Balaban J connectivity index is 2.28. The Morgan fingerprint density at radius 1 is 1.40 bits per heavy atom. The van der Waals surface area contributed by atoms with E-state index in [9.17, 15) is 9.59 Å². The lowest BCUT2D eigenvalue weighted by molar-refractivity contribution is 0.0697. The molecule has 3 N–H and O–H groups in total. The molecule has 0 bridgehead atoms. The molecule has 20 heavy (non-hydrogen) atoms. The number of amides is 1. The van der Waals surface area contributed by atoms with Gasteiger partial charge in [-0.3, -0.25) is 4.79 Å². The van der Waals surface area contributed by atoms with E-state index < -0.39 is 11.9 Å². The van der Waals surface area contributed by atoms with Gasteiger partial charge in [0.15, 0.2) is 0 Å². The lowest BCUT2D eigenvalue weighted by Gasteiger charge is -2.05. The van der Waals surface area contributed by atoms with E-state index in [4.69, 9.17) is 28.3 Å². The Morgan fingerprint density at radius 3 is 2.70 bits per heavy atom. The number of carbonyl (C=O) groups is 2. The largest absolute Gasteiger partial charge is 0.478 e. The molecular weight excluding hydrogens is 305 g/mol. The van der Waals surface area contributed by atoms with Gasteiger partial charge in [0.05, 0.1) is 16.3 Å². The minimum atomic E-state index is -1.13. The van der Waals surface area contributed by atoms with Crippen LogP contribution in [0.25, 0.3) is 0 Å². The van der Waals surface area contributed by atoms with E-state index in [0.29, 0.717) is 5.69 Å². The van der Waals surface area contributed by atoms with Gasteiger partial charge in [0.2, 0.25) is 0 Å². The zero-order chi connectivity index (χ0) is 14.9. The Hall–Kier alpha value is -2.05. The molecule has 0 atom stereocenters. The van der Waals surface area contributed by atoms with Crippen LogP contribution in [0.4, 0.5) is 5.69 Å². The smallest absolute Gasteiger partial charge is 0.339 e. The number of nitrogens with zero attached hydrogens (tertiary/aromatic N) is 1. The average Bonchev–Trinajstić information content (AvgIpc) is 2.73. The van der Waals surface area contributed by atoms with Crippen molar-refractivity contribution in [3.8, 4) is 0 Å². The minimum Gasteiger partial charge on any atom is -0.478 e. The second-order valence-corrected chi connectivity index (χ2v) is 4.72. The number of aromatic amines is 1. The van der Waals surface area contributed by atoms with Gasteiger partial charge in [-0.1, -0.05) is 23.2 Å². The lowest BCUT2D eigenvalue weighted by Crippen LogP contribution is -2.14. The number of halogens is 2.